The third-order valence-electron chi connectivity index (χ3n) is 3.70. The molecule has 1 fully saturated rings. The fourth-order valence-electron chi connectivity index (χ4n) is 2.48. The number of rotatable bonds is 2. The second-order valence-electron chi connectivity index (χ2n) is 5.06. The summed E-state index contributed by atoms with van der Waals surface area (Å²) in [6, 6.07) is 0.389. The van der Waals surface area contributed by atoms with Gasteiger partial charge in [-0.1, -0.05) is 26.2 Å². The summed E-state index contributed by atoms with van der Waals surface area (Å²) in [4.78, 5) is 16.0. The molecule has 0 radical (unpaired) electrons. The molecule has 17 heavy (non-hydrogen) atoms. The average Bonchev–Trinajstić information content (AvgIpc) is 2.51. The predicted molar refractivity (Wildman–Crippen MR) is 69.1 cm³/mol. The van der Waals surface area contributed by atoms with Crippen molar-refractivity contribution in [3.8, 4) is 0 Å². The van der Waals surface area contributed by atoms with Crippen LogP contribution in [0.25, 0.3) is 0 Å². The molecule has 0 spiro atoms. The van der Waals surface area contributed by atoms with Crippen LogP contribution in [0.4, 0.5) is 5.82 Å². The van der Waals surface area contributed by atoms with Gasteiger partial charge in [0.15, 0.2) is 5.82 Å². The maximum atomic E-state index is 11.9. The second-order valence-corrected chi connectivity index (χ2v) is 5.06. The number of nitrogens with one attached hydrogen (secondary N) is 1. The Balaban J connectivity index is 2.13. The highest BCUT2D eigenvalue weighted by atomic mass is 16.1. The summed E-state index contributed by atoms with van der Waals surface area (Å²) < 4.78 is 1.57. The normalized spacial score (nSPS) is 25.3. The van der Waals surface area contributed by atoms with Crippen molar-refractivity contribution in [1.29, 1.82) is 0 Å². The SMILES string of the molecule is CC1CCCCCC1Nc1nccn(C)c1=O. The van der Waals surface area contributed by atoms with E-state index in [2.05, 4.69) is 17.2 Å². The third kappa shape index (κ3) is 2.87. The van der Waals surface area contributed by atoms with Crippen molar-refractivity contribution in [3.05, 3.63) is 22.7 Å². The molecule has 4 nitrogen and oxygen atoms in total. The predicted octanol–water partition coefficient (Wildman–Crippen LogP) is 2.16. The quantitative estimate of drug-likeness (QED) is 0.799. The molecule has 2 atom stereocenters. The molecule has 0 aromatic carbocycles. The number of nitrogens with zero attached hydrogens (tertiary/aromatic N) is 2. The monoisotopic (exact) mass is 235 g/mol. The van der Waals surface area contributed by atoms with E-state index in [0.717, 1.165) is 6.42 Å². The highest BCUT2D eigenvalue weighted by molar-refractivity contribution is 5.32. The van der Waals surface area contributed by atoms with Crippen molar-refractivity contribution < 1.29 is 0 Å². The van der Waals surface area contributed by atoms with Gasteiger partial charge in [0.25, 0.3) is 5.56 Å². The summed E-state index contributed by atoms with van der Waals surface area (Å²) in [6.45, 7) is 2.26. The molecule has 0 aliphatic heterocycles. The van der Waals surface area contributed by atoms with E-state index < -0.39 is 0 Å². The van der Waals surface area contributed by atoms with Crippen LogP contribution in [0, 0.1) is 5.92 Å². The van der Waals surface area contributed by atoms with Crippen LogP contribution in [0.2, 0.25) is 0 Å². The molecule has 94 valence electrons. The highest BCUT2D eigenvalue weighted by Crippen LogP contribution is 2.24. The zero-order valence-corrected chi connectivity index (χ0v) is 10.6. The molecule has 1 aliphatic rings. The molecule has 1 N–H and O–H groups in total. The van der Waals surface area contributed by atoms with Crippen molar-refractivity contribution in [3.63, 3.8) is 0 Å². The molecule has 1 aromatic heterocycles. The van der Waals surface area contributed by atoms with E-state index in [1.165, 1.54) is 25.7 Å². The summed E-state index contributed by atoms with van der Waals surface area (Å²) in [5.41, 5.74) is -0.0380. The molecule has 1 saturated carbocycles. The maximum absolute atomic E-state index is 11.9. The van der Waals surface area contributed by atoms with E-state index in [9.17, 15) is 4.79 Å². The van der Waals surface area contributed by atoms with Crippen LogP contribution in [0.15, 0.2) is 17.2 Å². The molecule has 2 unspecified atom stereocenters. The van der Waals surface area contributed by atoms with Gasteiger partial charge in [-0.05, 0) is 18.8 Å². The Morgan fingerprint density at radius 2 is 2.12 bits per heavy atom. The molecule has 1 aromatic rings. The van der Waals surface area contributed by atoms with Crippen LogP contribution in [0.3, 0.4) is 0 Å². The van der Waals surface area contributed by atoms with E-state index in [0.29, 0.717) is 17.8 Å². The van der Waals surface area contributed by atoms with Gasteiger partial charge in [-0.25, -0.2) is 4.98 Å². The zero-order chi connectivity index (χ0) is 12.3. The van der Waals surface area contributed by atoms with Gasteiger partial charge in [0.2, 0.25) is 0 Å². The zero-order valence-electron chi connectivity index (χ0n) is 10.6. The Morgan fingerprint density at radius 1 is 1.35 bits per heavy atom. The Bertz CT molecular complexity index is 427. The first-order valence-electron chi connectivity index (χ1n) is 6.46. The highest BCUT2D eigenvalue weighted by Gasteiger charge is 2.20. The lowest BCUT2D eigenvalue weighted by Crippen LogP contribution is -2.31. The lowest BCUT2D eigenvalue weighted by Gasteiger charge is -2.23. The Hall–Kier alpha value is -1.32. The summed E-state index contributed by atoms with van der Waals surface area (Å²) in [6.07, 6.45) is 9.60. The van der Waals surface area contributed by atoms with Crippen LogP contribution in [0.1, 0.15) is 39.0 Å². The van der Waals surface area contributed by atoms with E-state index in [1.54, 1.807) is 24.0 Å². The molecule has 0 amide bonds. The molecule has 0 saturated heterocycles. The number of aryl methyl sites for hydroxylation is 1. The lowest BCUT2D eigenvalue weighted by atomic mass is 9.97. The van der Waals surface area contributed by atoms with Gasteiger partial charge in [0.05, 0.1) is 0 Å². The Kier molecular flexibility index (Phi) is 3.82. The summed E-state index contributed by atoms with van der Waals surface area (Å²) >= 11 is 0. The molecule has 4 heteroatoms. The van der Waals surface area contributed by atoms with Crippen LogP contribution in [0.5, 0.6) is 0 Å². The molecular formula is C13H21N3O. The molecule has 2 rings (SSSR count). The minimum Gasteiger partial charge on any atom is -0.362 e. The standard InChI is InChI=1S/C13H21N3O/c1-10-6-4-3-5-7-11(10)15-12-13(17)16(2)9-8-14-12/h8-11H,3-7H2,1-2H3,(H,14,15). The van der Waals surface area contributed by atoms with Gasteiger partial charge in [0, 0.05) is 25.5 Å². The molecule has 0 bridgehead atoms. The second kappa shape index (κ2) is 5.34. The first kappa shape index (κ1) is 12.1. The van der Waals surface area contributed by atoms with Gasteiger partial charge >= 0.3 is 0 Å². The van der Waals surface area contributed by atoms with Gasteiger partial charge in [-0.15, -0.1) is 0 Å². The Morgan fingerprint density at radius 3 is 2.94 bits per heavy atom. The molecular weight excluding hydrogens is 214 g/mol. The van der Waals surface area contributed by atoms with Gasteiger partial charge in [-0.2, -0.15) is 0 Å². The van der Waals surface area contributed by atoms with Crippen LogP contribution in [-0.4, -0.2) is 15.6 Å². The fourth-order valence-corrected chi connectivity index (χ4v) is 2.48. The first-order chi connectivity index (χ1) is 8.18. The van der Waals surface area contributed by atoms with Crippen molar-refractivity contribution in [2.45, 2.75) is 45.1 Å². The van der Waals surface area contributed by atoms with Crippen LogP contribution in [-0.2, 0) is 7.05 Å². The van der Waals surface area contributed by atoms with E-state index in [-0.39, 0.29) is 5.56 Å². The fraction of sp³-hybridized carbons (Fsp3) is 0.692. The third-order valence-corrected chi connectivity index (χ3v) is 3.70. The number of aromatic nitrogens is 2. The lowest BCUT2D eigenvalue weighted by molar-refractivity contribution is 0.455. The van der Waals surface area contributed by atoms with Gasteiger partial charge in [0.1, 0.15) is 0 Å². The first-order valence-corrected chi connectivity index (χ1v) is 6.46. The van der Waals surface area contributed by atoms with Crippen molar-refractivity contribution >= 4 is 5.82 Å². The topological polar surface area (TPSA) is 46.9 Å². The van der Waals surface area contributed by atoms with E-state index >= 15 is 0 Å². The van der Waals surface area contributed by atoms with Gasteiger partial charge in [-0.3, -0.25) is 4.79 Å². The number of hydrogen-bond acceptors (Lipinski definition) is 3. The summed E-state index contributed by atoms with van der Waals surface area (Å²) in [7, 11) is 1.76. The van der Waals surface area contributed by atoms with Crippen molar-refractivity contribution in [1.82, 2.24) is 9.55 Å². The summed E-state index contributed by atoms with van der Waals surface area (Å²) in [5, 5.41) is 3.34. The van der Waals surface area contributed by atoms with Crippen molar-refractivity contribution in [2.75, 3.05) is 5.32 Å². The van der Waals surface area contributed by atoms with Crippen LogP contribution >= 0.6 is 0 Å². The van der Waals surface area contributed by atoms with E-state index in [4.69, 9.17) is 0 Å². The van der Waals surface area contributed by atoms with Crippen molar-refractivity contribution in [2.24, 2.45) is 13.0 Å². The smallest absolute Gasteiger partial charge is 0.293 e. The average molecular weight is 235 g/mol. The molecule has 1 heterocycles. The summed E-state index contributed by atoms with van der Waals surface area (Å²) in [5.74, 6) is 1.11. The minimum atomic E-state index is -0.0380. The minimum absolute atomic E-state index is 0.0380. The number of hydrogen-bond donors (Lipinski definition) is 1. The Labute approximate surface area is 102 Å². The van der Waals surface area contributed by atoms with Gasteiger partial charge < -0.3 is 9.88 Å². The maximum Gasteiger partial charge on any atom is 0.293 e. The largest absolute Gasteiger partial charge is 0.362 e. The van der Waals surface area contributed by atoms with Crippen LogP contribution < -0.4 is 10.9 Å². The molecule has 1 aliphatic carbocycles. The number of anilines is 1. The van der Waals surface area contributed by atoms with E-state index in [1.807, 2.05) is 0 Å².